The van der Waals surface area contributed by atoms with Crippen molar-refractivity contribution in [2.24, 2.45) is 0 Å². The number of carbonyl (C=O) groups is 1. The number of benzene rings is 1. The first kappa shape index (κ1) is 17.2. The number of thiazole rings is 1. The van der Waals surface area contributed by atoms with Gasteiger partial charge in [-0.05, 0) is 30.2 Å². The number of hydrogen-bond acceptors (Lipinski definition) is 5. The summed E-state index contributed by atoms with van der Waals surface area (Å²) in [5.74, 6) is 0.250. The summed E-state index contributed by atoms with van der Waals surface area (Å²) < 4.78 is 0. The number of carbonyl (C=O) groups excluding carboxylic acids is 1. The van der Waals surface area contributed by atoms with Crippen molar-refractivity contribution in [1.29, 1.82) is 0 Å². The Bertz CT molecular complexity index is 829. The van der Waals surface area contributed by atoms with Crippen molar-refractivity contribution < 1.29 is 4.79 Å². The van der Waals surface area contributed by atoms with E-state index in [1.807, 2.05) is 35.7 Å². The van der Waals surface area contributed by atoms with Crippen molar-refractivity contribution in [2.75, 3.05) is 6.54 Å². The molecule has 0 saturated carbocycles. The molecule has 0 fully saturated rings. The monoisotopic (exact) mass is 352 g/mol. The van der Waals surface area contributed by atoms with Gasteiger partial charge in [0.05, 0.1) is 22.6 Å². The van der Waals surface area contributed by atoms with Crippen LogP contribution < -0.4 is 5.32 Å². The van der Waals surface area contributed by atoms with Gasteiger partial charge in [-0.2, -0.15) is 10.2 Å². The Hall–Kier alpha value is -2.60. The molecule has 128 valence electrons. The van der Waals surface area contributed by atoms with Crippen LogP contribution in [0.2, 0.25) is 0 Å². The second-order valence-electron chi connectivity index (χ2n) is 6.06. The second-order valence-corrected chi connectivity index (χ2v) is 6.78. The summed E-state index contributed by atoms with van der Waals surface area (Å²) in [7, 11) is 0. The van der Waals surface area contributed by atoms with Crippen LogP contribution in [0.1, 0.15) is 41.5 Å². The molecule has 3 rings (SSSR count). The molecule has 1 amide bonds. The number of aromatic nitrogens is 3. The maximum Gasteiger partial charge on any atom is 0.251 e. The maximum absolute atomic E-state index is 12.3. The average molecular weight is 352 g/mol. The molecule has 0 atom stereocenters. The van der Waals surface area contributed by atoms with Gasteiger partial charge in [-0.1, -0.05) is 26.0 Å². The van der Waals surface area contributed by atoms with Crippen molar-refractivity contribution in [3.8, 4) is 11.3 Å². The number of nitrogens with one attached hydrogen (secondary N) is 1. The third-order valence-electron chi connectivity index (χ3n) is 3.85. The van der Waals surface area contributed by atoms with Gasteiger partial charge in [0, 0.05) is 29.5 Å². The normalized spacial score (nSPS) is 10.8. The molecule has 0 aliphatic carbocycles. The molecule has 3 aromatic rings. The van der Waals surface area contributed by atoms with E-state index in [1.165, 1.54) is 0 Å². The van der Waals surface area contributed by atoms with Gasteiger partial charge < -0.3 is 5.32 Å². The highest BCUT2D eigenvalue weighted by Gasteiger charge is 2.09. The Balaban J connectivity index is 1.66. The maximum atomic E-state index is 12.3. The molecule has 5 nitrogen and oxygen atoms in total. The number of rotatable bonds is 6. The minimum Gasteiger partial charge on any atom is -0.352 e. The van der Waals surface area contributed by atoms with E-state index in [4.69, 9.17) is 0 Å². The molecule has 1 N–H and O–H groups in total. The first-order valence-electron chi connectivity index (χ1n) is 8.23. The number of hydrogen-bond donors (Lipinski definition) is 1. The van der Waals surface area contributed by atoms with Gasteiger partial charge >= 0.3 is 0 Å². The van der Waals surface area contributed by atoms with Crippen LogP contribution in [0.3, 0.4) is 0 Å². The highest BCUT2D eigenvalue weighted by molar-refractivity contribution is 7.07. The molecular formula is C19H20N4OS. The van der Waals surface area contributed by atoms with Crippen molar-refractivity contribution in [3.05, 3.63) is 64.2 Å². The molecule has 0 aliphatic heterocycles. The smallest absolute Gasteiger partial charge is 0.251 e. The van der Waals surface area contributed by atoms with Crippen LogP contribution in [0, 0.1) is 0 Å². The van der Waals surface area contributed by atoms with Gasteiger partial charge in [0.2, 0.25) is 0 Å². The van der Waals surface area contributed by atoms with Crippen molar-refractivity contribution >= 4 is 17.2 Å². The van der Waals surface area contributed by atoms with E-state index in [1.54, 1.807) is 22.9 Å². The highest BCUT2D eigenvalue weighted by atomic mass is 32.1. The third-order valence-corrected chi connectivity index (χ3v) is 4.48. The number of nitrogens with zero attached hydrogens (tertiary/aromatic N) is 3. The quantitative estimate of drug-likeness (QED) is 0.734. The third kappa shape index (κ3) is 4.48. The fourth-order valence-corrected chi connectivity index (χ4v) is 2.98. The zero-order chi connectivity index (χ0) is 17.6. The van der Waals surface area contributed by atoms with Crippen LogP contribution in [-0.2, 0) is 6.42 Å². The predicted octanol–water partition coefficient (Wildman–Crippen LogP) is 3.70. The van der Waals surface area contributed by atoms with Gasteiger partial charge in [0.15, 0.2) is 0 Å². The lowest BCUT2D eigenvalue weighted by Gasteiger charge is -2.07. The Morgan fingerprint density at radius 3 is 2.76 bits per heavy atom. The zero-order valence-corrected chi connectivity index (χ0v) is 15.1. The van der Waals surface area contributed by atoms with Crippen LogP contribution in [0.5, 0.6) is 0 Å². The lowest BCUT2D eigenvalue weighted by molar-refractivity contribution is 0.0954. The van der Waals surface area contributed by atoms with E-state index in [0.717, 1.165) is 29.1 Å². The van der Waals surface area contributed by atoms with Gasteiger partial charge in [-0.3, -0.25) is 4.79 Å². The minimum atomic E-state index is -0.0937. The van der Waals surface area contributed by atoms with Crippen molar-refractivity contribution in [3.63, 3.8) is 0 Å². The molecule has 2 heterocycles. The van der Waals surface area contributed by atoms with Crippen LogP contribution in [0.25, 0.3) is 11.3 Å². The molecule has 6 heteroatoms. The lowest BCUT2D eigenvalue weighted by Crippen LogP contribution is -2.25. The van der Waals surface area contributed by atoms with E-state index in [-0.39, 0.29) is 5.91 Å². The van der Waals surface area contributed by atoms with E-state index in [9.17, 15) is 4.79 Å². The molecule has 0 spiro atoms. The summed E-state index contributed by atoms with van der Waals surface area (Å²) in [4.78, 5) is 16.5. The molecule has 1 aromatic carbocycles. The summed E-state index contributed by atoms with van der Waals surface area (Å²) in [6.07, 6.45) is 0.733. The van der Waals surface area contributed by atoms with Crippen molar-refractivity contribution in [2.45, 2.75) is 26.2 Å². The van der Waals surface area contributed by atoms with E-state index in [2.05, 4.69) is 34.3 Å². The van der Waals surface area contributed by atoms with Crippen LogP contribution in [-0.4, -0.2) is 27.6 Å². The second kappa shape index (κ2) is 7.98. The summed E-state index contributed by atoms with van der Waals surface area (Å²) >= 11 is 1.56. The average Bonchev–Trinajstić information content (AvgIpc) is 3.15. The first-order chi connectivity index (χ1) is 12.1. The van der Waals surface area contributed by atoms with Gasteiger partial charge in [-0.15, -0.1) is 11.3 Å². The first-order valence-corrected chi connectivity index (χ1v) is 9.17. The fraction of sp³-hybridized carbons (Fsp3) is 0.263. The minimum absolute atomic E-state index is 0.0937. The van der Waals surface area contributed by atoms with E-state index >= 15 is 0 Å². The van der Waals surface area contributed by atoms with Crippen molar-refractivity contribution in [1.82, 2.24) is 20.5 Å². The predicted molar refractivity (Wildman–Crippen MR) is 99.7 cm³/mol. The Morgan fingerprint density at radius 1 is 1.20 bits per heavy atom. The standard InChI is InChI=1S/C19H20N4OS/c1-13(2)17-6-7-18(23-22-17)14-4-3-5-15(10-14)19(24)20-9-8-16-11-25-12-21-16/h3-7,10-13H,8-9H2,1-2H3,(H,20,24). The highest BCUT2D eigenvalue weighted by Crippen LogP contribution is 2.19. The van der Waals surface area contributed by atoms with Crippen LogP contribution in [0.15, 0.2) is 47.3 Å². The molecule has 25 heavy (non-hydrogen) atoms. The molecule has 0 radical (unpaired) electrons. The summed E-state index contributed by atoms with van der Waals surface area (Å²) in [6, 6.07) is 11.4. The molecule has 2 aromatic heterocycles. The Kier molecular flexibility index (Phi) is 5.50. The van der Waals surface area contributed by atoms with Gasteiger partial charge in [0.25, 0.3) is 5.91 Å². The topological polar surface area (TPSA) is 67.8 Å². The van der Waals surface area contributed by atoms with Gasteiger partial charge in [-0.25, -0.2) is 4.98 Å². The number of amides is 1. The summed E-state index contributed by atoms with van der Waals surface area (Å²) in [6.45, 7) is 4.73. The lowest BCUT2D eigenvalue weighted by atomic mass is 10.1. The summed E-state index contributed by atoms with van der Waals surface area (Å²) in [5.41, 5.74) is 6.02. The molecular weight excluding hydrogens is 332 g/mol. The zero-order valence-electron chi connectivity index (χ0n) is 14.3. The SMILES string of the molecule is CC(C)c1ccc(-c2cccc(C(=O)NCCc3cscn3)c2)nn1. The van der Waals surface area contributed by atoms with Gasteiger partial charge in [0.1, 0.15) is 0 Å². The fourth-order valence-electron chi connectivity index (χ4n) is 2.39. The van der Waals surface area contributed by atoms with Crippen LogP contribution in [0.4, 0.5) is 0 Å². The van der Waals surface area contributed by atoms with E-state index < -0.39 is 0 Å². The Morgan fingerprint density at radius 2 is 2.08 bits per heavy atom. The largest absolute Gasteiger partial charge is 0.352 e. The Labute approximate surface area is 151 Å². The molecule has 0 bridgehead atoms. The molecule has 0 saturated heterocycles. The molecule has 0 unspecified atom stereocenters. The molecule has 0 aliphatic rings. The van der Waals surface area contributed by atoms with E-state index in [0.29, 0.717) is 18.0 Å². The van der Waals surface area contributed by atoms with Crippen LogP contribution >= 0.6 is 11.3 Å². The summed E-state index contributed by atoms with van der Waals surface area (Å²) in [5, 5.41) is 13.5.